The molecule has 0 radical (unpaired) electrons. The van der Waals surface area contributed by atoms with Crippen LogP contribution in [0.2, 0.25) is 0 Å². The zero-order valence-corrected chi connectivity index (χ0v) is 36.8. The number of benzene rings is 5. The largest absolute Gasteiger partial charge is 0.497 e. The first-order valence-electron chi connectivity index (χ1n) is 19.7. The molecule has 0 aliphatic carbocycles. The van der Waals surface area contributed by atoms with E-state index in [2.05, 4.69) is 10.3 Å². The van der Waals surface area contributed by atoms with Crippen molar-refractivity contribution in [3.63, 3.8) is 0 Å². The van der Waals surface area contributed by atoms with Gasteiger partial charge in [0, 0.05) is 48.2 Å². The van der Waals surface area contributed by atoms with Crippen molar-refractivity contribution < 1.29 is 49.8 Å². The average molecular weight is 910 g/mol. The molecule has 1 aliphatic rings. The zero-order chi connectivity index (χ0) is 45.6. The molecule has 0 bridgehead atoms. The number of rotatable bonds is 16. The topological polar surface area (TPSA) is 174 Å². The first-order valence-corrected chi connectivity index (χ1v) is 22.6. The second-order valence-electron chi connectivity index (χ2n) is 14.3. The third-order valence-corrected chi connectivity index (χ3v) is 14.2. The molecule has 2 heterocycles. The van der Waals surface area contributed by atoms with Crippen LogP contribution in [0.4, 0.5) is 27.1 Å². The van der Waals surface area contributed by atoms with Gasteiger partial charge in [-0.15, -0.1) is 0 Å². The summed E-state index contributed by atoms with van der Waals surface area (Å²) in [6.07, 6.45) is 1.58. The van der Waals surface area contributed by atoms with E-state index in [1.165, 1.54) is 83.2 Å². The SMILES string of the molecule is COc1ccc(OC)c(N(CC(=O)Nc2ccnc(F)c2)S(=O)(=O)c2ccc(C3CCN(C(=O)CN(c4cc(OC)ccc4OC)S(=O)(=O)c4ccccc4)c4ccccc43)cc2)c1. The van der Waals surface area contributed by atoms with Crippen LogP contribution in [0, 0.1) is 5.95 Å². The lowest BCUT2D eigenvalue weighted by atomic mass is 9.84. The van der Waals surface area contributed by atoms with Gasteiger partial charge in [0.1, 0.15) is 36.1 Å². The summed E-state index contributed by atoms with van der Waals surface area (Å²) in [6, 6.07) is 32.9. The number of halogens is 1. The first-order chi connectivity index (χ1) is 30.8. The van der Waals surface area contributed by atoms with Crippen LogP contribution in [0.25, 0.3) is 0 Å². The number of sulfonamides is 2. The summed E-state index contributed by atoms with van der Waals surface area (Å²) in [5.74, 6) is -1.36. The van der Waals surface area contributed by atoms with E-state index in [1.54, 1.807) is 65.6 Å². The van der Waals surface area contributed by atoms with Crippen LogP contribution < -0.4 is 37.8 Å². The van der Waals surface area contributed by atoms with Gasteiger partial charge in [-0.2, -0.15) is 4.39 Å². The summed E-state index contributed by atoms with van der Waals surface area (Å²) >= 11 is 0. The normalized spacial score (nSPS) is 13.6. The lowest BCUT2D eigenvalue weighted by Gasteiger charge is -2.36. The lowest BCUT2D eigenvalue weighted by Crippen LogP contribution is -2.45. The van der Waals surface area contributed by atoms with Crippen molar-refractivity contribution in [2.45, 2.75) is 22.1 Å². The number of carbonyl (C=O) groups is 2. The third kappa shape index (κ3) is 9.28. The molecule has 5 aromatic carbocycles. The summed E-state index contributed by atoms with van der Waals surface area (Å²) in [6.45, 7) is -1.08. The summed E-state index contributed by atoms with van der Waals surface area (Å²) in [7, 11) is -3.15. The molecule has 2 amide bonds. The van der Waals surface area contributed by atoms with Gasteiger partial charge < -0.3 is 29.2 Å². The van der Waals surface area contributed by atoms with Gasteiger partial charge in [0.25, 0.3) is 20.0 Å². The standard InChI is InChI=1S/C46H44FN5O10S2/c1-59-33-16-20-42(61-3)40(27-33)51(29-45(53)49-32-22-24-48-44(47)26-32)64(57,58)36-18-14-31(15-19-36)37-23-25-50(39-13-9-8-12-38(37)39)46(54)30-52(63(55,56)35-10-6-5-7-11-35)41-28-34(60-2)17-21-43(41)62-4/h5-22,24,26-28,37H,23,25,29-30H2,1-4H3,(H,48,49,53). The number of nitrogens with one attached hydrogen (secondary N) is 1. The fourth-order valence-corrected chi connectivity index (χ4v) is 10.3. The van der Waals surface area contributed by atoms with Crippen molar-refractivity contribution in [3.8, 4) is 23.0 Å². The molecular formula is C46H44FN5O10S2. The second-order valence-corrected chi connectivity index (χ2v) is 18.1. The Morgan fingerprint density at radius 1 is 0.688 bits per heavy atom. The van der Waals surface area contributed by atoms with Crippen LogP contribution in [-0.4, -0.2) is 81.7 Å². The van der Waals surface area contributed by atoms with Crippen LogP contribution in [0.5, 0.6) is 23.0 Å². The molecule has 18 heteroatoms. The lowest BCUT2D eigenvalue weighted by molar-refractivity contribution is -0.117. The van der Waals surface area contributed by atoms with E-state index in [0.717, 1.165) is 25.8 Å². The minimum Gasteiger partial charge on any atom is -0.497 e. The highest BCUT2D eigenvalue weighted by Crippen LogP contribution is 2.42. The van der Waals surface area contributed by atoms with Crippen LogP contribution in [0.3, 0.4) is 0 Å². The van der Waals surface area contributed by atoms with E-state index in [4.69, 9.17) is 18.9 Å². The number of anilines is 4. The highest BCUT2D eigenvalue weighted by atomic mass is 32.2. The van der Waals surface area contributed by atoms with Crippen molar-refractivity contribution in [1.29, 1.82) is 0 Å². The molecule has 1 aromatic heterocycles. The Morgan fingerprint density at radius 2 is 1.25 bits per heavy atom. The Balaban J connectivity index is 1.19. The molecule has 1 aliphatic heterocycles. The van der Waals surface area contributed by atoms with Crippen LogP contribution in [0.15, 0.2) is 143 Å². The number of aromatic nitrogens is 1. The van der Waals surface area contributed by atoms with E-state index in [-0.39, 0.29) is 50.8 Å². The molecule has 7 rings (SSSR count). The van der Waals surface area contributed by atoms with Gasteiger partial charge in [-0.05, 0) is 78.2 Å². The Bertz CT molecular complexity index is 2890. The number of amides is 2. The number of pyridine rings is 1. The molecule has 64 heavy (non-hydrogen) atoms. The monoisotopic (exact) mass is 909 g/mol. The van der Waals surface area contributed by atoms with Crippen molar-refractivity contribution in [3.05, 3.63) is 151 Å². The number of ether oxygens (including phenoxy) is 4. The maximum atomic E-state index is 14.5. The molecule has 6 aromatic rings. The van der Waals surface area contributed by atoms with Crippen molar-refractivity contribution in [1.82, 2.24) is 4.98 Å². The average Bonchev–Trinajstić information content (AvgIpc) is 3.31. The molecule has 332 valence electrons. The first kappa shape index (κ1) is 44.9. The zero-order valence-electron chi connectivity index (χ0n) is 35.2. The molecule has 0 fully saturated rings. The van der Waals surface area contributed by atoms with Crippen molar-refractivity contribution >= 4 is 54.6 Å². The summed E-state index contributed by atoms with van der Waals surface area (Å²) in [5.41, 5.74) is 2.29. The minimum absolute atomic E-state index is 0.0205. The Labute approximate surface area is 370 Å². The molecule has 1 atom stereocenters. The Hall–Kier alpha value is -7.18. The van der Waals surface area contributed by atoms with Gasteiger partial charge in [0.05, 0.1) is 49.6 Å². The molecule has 0 saturated heterocycles. The predicted octanol–water partition coefficient (Wildman–Crippen LogP) is 6.85. The number of hydrogen-bond acceptors (Lipinski definition) is 11. The number of hydrogen-bond donors (Lipinski definition) is 1. The van der Waals surface area contributed by atoms with E-state index < -0.39 is 50.9 Å². The molecule has 1 N–H and O–H groups in total. The van der Waals surface area contributed by atoms with E-state index >= 15 is 0 Å². The number of nitrogens with zero attached hydrogens (tertiary/aromatic N) is 4. The maximum absolute atomic E-state index is 14.5. The van der Waals surface area contributed by atoms with Crippen molar-refractivity contribution in [2.75, 3.05) is 66.9 Å². The summed E-state index contributed by atoms with van der Waals surface area (Å²) < 4.78 is 95.3. The quantitative estimate of drug-likeness (QED) is 0.101. The Kier molecular flexibility index (Phi) is 13.4. The van der Waals surface area contributed by atoms with E-state index in [0.29, 0.717) is 23.6 Å². The maximum Gasteiger partial charge on any atom is 0.264 e. The predicted molar refractivity (Wildman–Crippen MR) is 239 cm³/mol. The molecular weight excluding hydrogens is 866 g/mol. The smallest absolute Gasteiger partial charge is 0.264 e. The van der Waals surface area contributed by atoms with E-state index in [1.807, 2.05) is 12.1 Å². The highest BCUT2D eigenvalue weighted by Gasteiger charge is 2.36. The minimum atomic E-state index is -4.48. The third-order valence-electron chi connectivity index (χ3n) is 10.6. The Morgan fingerprint density at radius 3 is 1.83 bits per heavy atom. The van der Waals surface area contributed by atoms with Crippen LogP contribution >= 0.6 is 0 Å². The van der Waals surface area contributed by atoms with Gasteiger partial charge >= 0.3 is 0 Å². The summed E-state index contributed by atoms with van der Waals surface area (Å²) in [5, 5.41) is 2.52. The summed E-state index contributed by atoms with van der Waals surface area (Å²) in [4.78, 5) is 32.7. The number of methoxy groups -OCH3 is 4. The fourth-order valence-electron chi connectivity index (χ4n) is 7.49. The number of para-hydroxylation sites is 1. The molecule has 1 unspecified atom stereocenters. The van der Waals surface area contributed by atoms with Crippen LogP contribution in [-0.2, 0) is 29.6 Å². The second kappa shape index (κ2) is 19.1. The molecule has 15 nitrogen and oxygen atoms in total. The highest BCUT2D eigenvalue weighted by molar-refractivity contribution is 7.93. The molecule has 0 spiro atoms. The van der Waals surface area contributed by atoms with Gasteiger partial charge in [-0.3, -0.25) is 18.2 Å². The van der Waals surface area contributed by atoms with Crippen LogP contribution in [0.1, 0.15) is 23.5 Å². The van der Waals surface area contributed by atoms with Crippen molar-refractivity contribution in [2.24, 2.45) is 0 Å². The van der Waals surface area contributed by atoms with E-state index in [9.17, 15) is 30.8 Å². The number of fused-ring (bicyclic) bond motifs is 1. The fraction of sp³-hybridized carbons (Fsp3) is 0.196. The van der Waals surface area contributed by atoms with Gasteiger partial charge in [0.2, 0.25) is 17.8 Å². The van der Waals surface area contributed by atoms with Gasteiger partial charge in [0.15, 0.2) is 0 Å². The van der Waals surface area contributed by atoms with Gasteiger partial charge in [-0.25, -0.2) is 21.8 Å². The number of carbonyl (C=O) groups excluding carboxylic acids is 2. The molecule has 0 saturated carbocycles. The van der Waals surface area contributed by atoms with Gasteiger partial charge in [-0.1, -0.05) is 48.5 Å².